The van der Waals surface area contributed by atoms with Gasteiger partial charge in [0.25, 0.3) is 11.5 Å². The SMILES string of the molecule is O=C(Cn1c(=O)cnc2ccccc21)Nc1cccc(NC(=O)c2ccc3c(c2)OCO3)c1. The standard InChI is InChI=1S/C24H18N4O5/c29-22(13-28-19-7-2-1-6-18(19)25-12-23(28)30)26-16-4-3-5-17(11-16)27-24(31)15-8-9-20-21(10-15)33-14-32-20/h1-12H,13-14H2,(H,26,29)(H,27,31). The van der Waals surface area contributed by atoms with Gasteiger partial charge < -0.3 is 20.1 Å². The van der Waals surface area contributed by atoms with E-state index in [1.807, 2.05) is 6.07 Å². The number of carbonyl (C=O) groups is 2. The molecule has 1 aliphatic rings. The highest BCUT2D eigenvalue weighted by Gasteiger charge is 2.16. The molecule has 4 aromatic rings. The largest absolute Gasteiger partial charge is 0.454 e. The van der Waals surface area contributed by atoms with Gasteiger partial charge in [0.1, 0.15) is 6.54 Å². The van der Waals surface area contributed by atoms with Crippen molar-refractivity contribution in [3.8, 4) is 11.5 Å². The van der Waals surface area contributed by atoms with Crippen LogP contribution in [0.25, 0.3) is 11.0 Å². The molecule has 0 fully saturated rings. The van der Waals surface area contributed by atoms with E-state index in [2.05, 4.69) is 15.6 Å². The number of ether oxygens (including phenoxy) is 2. The Morgan fingerprint density at radius 1 is 0.909 bits per heavy atom. The van der Waals surface area contributed by atoms with Gasteiger partial charge in [-0.05, 0) is 48.5 Å². The smallest absolute Gasteiger partial charge is 0.269 e. The van der Waals surface area contributed by atoms with Crippen LogP contribution in [-0.4, -0.2) is 28.2 Å². The fourth-order valence-corrected chi connectivity index (χ4v) is 3.54. The zero-order valence-electron chi connectivity index (χ0n) is 17.3. The predicted octanol–water partition coefficient (Wildman–Crippen LogP) is 3.02. The molecule has 2 N–H and O–H groups in total. The number of hydrogen-bond acceptors (Lipinski definition) is 6. The second kappa shape index (κ2) is 8.46. The number of fused-ring (bicyclic) bond motifs is 2. The summed E-state index contributed by atoms with van der Waals surface area (Å²) in [5.41, 5.74) is 2.23. The van der Waals surface area contributed by atoms with Crippen molar-refractivity contribution in [1.29, 1.82) is 0 Å². The molecule has 164 valence electrons. The van der Waals surface area contributed by atoms with Crippen molar-refractivity contribution in [3.63, 3.8) is 0 Å². The summed E-state index contributed by atoms with van der Waals surface area (Å²) in [5, 5.41) is 5.56. The topological polar surface area (TPSA) is 112 Å². The number of anilines is 2. The Balaban J connectivity index is 1.29. The van der Waals surface area contributed by atoms with Crippen LogP contribution in [0.2, 0.25) is 0 Å². The van der Waals surface area contributed by atoms with E-state index in [1.165, 1.54) is 10.8 Å². The first-order valence-electron chi connectivity index (χ1n) is 10.1. The highest BCUT2D eigenvalue weighted by atomic mass is 16.7. The molecule has 3 aromatic carbocycles. The molecular formula is C24H18N4O5. The zero-order chi connectivity index (χ0) is 22.8. The molecule has 2 heterocycles. The summed E-state index contributed by atoms with van der Waals surface area (Å²) in [6.07, 6.45) is 1.20. The quantitative estimate of drug-likeness (QED) is 0.492. The average molecular weight is 442 g/mol. The van der Waals surface area contributed by atoms with E-state index in [0.29, 0.717) is 39.5 Å². The number of nitrogens with one attached hydrogen (secondary N) is 2. The number of amides is 2. The number of rotatable bonds is 5. The first kappa shape index (κ1) is 20.3. The van der Waals surface area contributed by atoms with Gasteiger partial charge in [-0.15, -0.1) is 0 Å². The van der Waals surface area contributed by atoms with Gasteiger partial charge in [0.05, 0.1) is 17.2 Å². The van der Waals surface area contributed by atoms with Gasteiger partial charge in [0.15, 0.2) is 11.5 Å². The van der Waals surface area contributed by atoms with Crippen LogP contribution in [0.15, 0.2) is 77.7 Å². The molecule has 0 atom stereocenters. The van der Waals surface area contributed by atoms with Crippen LogP contribution in [0.5, 0.6) is 11.5 Å². The molecular weight excluding hydrogens is 424 g/mol. The minimum absolute atomic E-state index is 0.129. The first-order chi connectivity index (χ1) is 16.1. The lowest BCUT2D eigenvalue weighted by molar-refractivity contribution is -0.116. The molecule has 0 radical (unpaired) electrons. The van der Waals surface area contributed by atoms with Crippen molar-refractivity contribution in [2.45, 2.75) is 6.54 Å². The summed E-state index contributed by atoms with van der Waals surface area (Å²) < 4.78 is 11.9. The van der Waals surface area contributed by atoms with Gasteiger partial charge in [0.2, 0.25) is 12.7 Å². The highest BCUT2D eigenvalue weighted by molar-refractivity contribution is 6.05. The number of nitrogens with zero attached hydrogens (tertiary/aromatic N) is 2. The molecule has 5 rings (SSSR count). The van der Waals surface area contributed by atoms with Gasteiger partial charge in [-0.1, -0.05) is 18.2 Å². The molecule has 1 aromatic heterocycles. The molecule has 1 aliphatic heterocycles. The second-order valence-electron chi connectivity index (χ2n) is 7.32. The Kier molecular flexibility index (Phi) is 5.19. The van der Waals surface area contributed by atoms with Gasteiger partial charge in [0, 0.05) is 16.9 Å². The molecule has 2 amide bonds. The van der Waals surface area contributed by atoms with Crippen molar-refractivity contribution in [1.82, 2.24) is 9.55 Å². The fraction of sp³-hybridized carbons (Fsp3) is 0.0833. The highest BCUT2D eigenvalue weighted by Crippen LogP contribution is 2.32. The molecule has 9 nitrogen and oxygen atoms in total. The molecule has 0 unspecified atom stereocenters. The first-order valence-corrected chi connectivity index (χ1v) is 10.1. The van der Waals surface area contributed by atoms with Crippen LogP contribution in [0.4, 0.5) is 11.4 Å². The van der Waals surface area contributed by atoms with E-state index >= 15 is 0 Å². The maximum atomic E-state index is 12.6. The van der Waals surface area contributed by atoms with Crippen LogP contribution in [0, 0.1) is 0 Å². The van der Waals surface area contributed by atoms with E-state index < -0.39 is 0 Å². The van der Waals surface area contributed by atoms with E-state index in [0.717, 1.165) is 0 Å². The summed E-state index contributed by atoms with van der Waals surface area (Å²) in [4.78, 5) is 41.6. The molecule has 0 bridgehead atoms. The number of benzene rings is 3. The fourth-order valence-electron chi connectivity index (χ4n) is 3.54. The molecule has 33 heavy (non-hydrogen) atoms. The summed E-state index contributed by atoms with van der Waals surface area (Å²) >= 11 is 0. The third-order valence-corrected chi connectivity index (χ3v) is 5.09. The van der Waals surface area contributed by atoms with Crippen molar-refractivity contribution in [3.05, 3.63) is 88.8 Å². The lowest BCUT2D eigenvalue weighted by Gasteiger charge is -2.11. The minimum Gasteiger partial charge on any atom is -0.454 e. The van der Waals surface area contributed by atoms with E-state index in [4.69, 9.17) is 9.47 Å². The molecule has 9 heteroatoms. The van der Waals surface area contributed by atoms with Gasteiger partial charge >= 0.3 is 0 Å². The van der Waals surface area contributed by atoms with Crippen LogP contribution < -0.4 is 25.7 Å². The van der Waals surface area contributed by atoms with Crippen molar-refractivity contribution in [2.75, 3.05) is 17.4 Å². The molecule has 0 aliphatic carbocycles. The zero-order valence-corrected chi connectivity index (χ0v) is 17.3. The Bertz CT molecular complexity index is 1450. The van der Waals surface area contributed by atoms with Gasteiger partial charge in [-0.25, -0.2) is 4.98 Å². The Labute approximate surface area is 187 Å². The third kappa shape index (κ3) is 4.24. The third-order valence-electron chi connectivity index (χ3n) is 5.09. The van der Waals surface area contributed by atoms with Crippen LogP contribution >= 0.6 is 0 Å². The molecule has 0 spiro atoms. The normalized spacial score (nSPS) is 11.9. The maximum absolute atomic E-state index is 12.6. The van der Waals surface area contributed by atoms with Gasteiger partial charge in [-0.3, -0.25) is 19.0 Å². The van der Waals surface area contributed by atoms with E-state index in [1.54, 1.807) is 60.7 Å². The maximum Gasteiger partial charge on any atom is 0.269 e. The van der Waals surface area contributed by atoms with Crippen molar-refractivity contribution in [2.24, 2.45) is 0 Å². The van der Waals surface area contributed by atoms with Crippen LogP contribution in [-0.2, 0) is 11.3 Å². The number of carbonyl (C=O) groups excluding carboxylic acids is 2. The Morgan fingerprint density at radius 3 is 2.58 bits per heavy atom. The van der Waals surface area contributed by atoms with Crippen molar-refractivity contribution < 1.29 is 19.1 Å². The lowest BCUT2D eigenvalue weighted by atomic mass is 10.2. The summed E-state index contributed by atoms with van der Waals surface area (Å²) in [6, 6.07) is 18.8. The van der Waals surface area contributed by atoms with Crippen molar-refractivity contribution >= 4 is 34.2 Å². The van der Waals surface area contributed by atoms with Crippen LogP contribution in [0.1, 0.15) is 10.4 Å². The minimum atomic E-state index is -0.382. The Hall–Kier alpha value is -4.66. The molecule has 0 saturated heterocycles. The number of hydrogen-bond donors (Lipinski definition) is 2. The monoisotopic (exact) mass is 442 g/mol. The average Bonchev–Trinajstić information content (AvgIpc) is 3.29. The predicted molar refractivity (Wildman–Crippen MR) is 122 cm³/mol. The van der Waals surface area contributed by atoms with Gasteiger partial charge in [-0.2, -0.15) is 0 Å². The molecule has 0 saturated carbocycles. The van der Waals surface area contributed by atoms with E-state index in [-0.39, 0.29) is 30.7 Å². The second-order valence-corrected chi connectivity index (χ2v) is 7.32. The number of aromatic nitrogens is 2. The summed E-state index contributed by atoms with van der Waals surface area (Å²) in [6.45, 7) is -0.0425. The van der Waals surface area contributed by atoms with E-state index in [9.17, 15) is 14.4 Å². The summed E-state index contributed by atoms with van der Waals surface area (Å²) in [7, 11) is 0. The Morgan fingerprint density at radius 2 is 1.70 bits per heavy atom. The lowest BCUT2D eigenvalue weighted by Crippen LogP contribution is -2.28. The van der Waals surface area contributed by atoms with Crippen LogP contribution in [0.3, 0.4) is 0 Å². The number of para-hydroxylation sites is 2. The summed E-state index contributed by atoms with van der Waals surface area (Å²) in [5.74, 6) is 0.402.